The lowest BCUT2D eigenvalue weighted by molar-refractivity contribution is -0.0505. The first kappa shape index (κ1) is 24.6. The van der Waals surface area contributed by atoms with E-state index in [0.717, 1.165) is 5.56 Å². The Hall–Kier alpha value is -2.70. The van der Waals surface area contributed by atoms with Crippen molar-refractivity contribution in [2.75, 3.05) is 28.1 Å². The topological polar surface area (TPSA) is 82.6 Å². The van der Waals surface area contributed by atoms with Gasteiger partial charge in [0.25, 0.3) is 0 Å². The van der Waals surface area contributed by atoms with Crippen LogP contribution in [-0.2, 0) is 13.1 Å². The zero-order valence-corrected chi connectivity index (χ0v) is 19.6. The van der Waals surface area contributed by atoms with Gasteiger partial charge in [0.05, 0.1) is 14.2 Å². The van der Waals surface area contributed by atoms with Gasteiger partial charge in [-0.2, -0.15) is 8.78 Å². The first-order chi connectivity index (χ1) is 14.5. The van der Waals surface area contributed by atoms with Crippen LogP contribution in [0.4, 0.5) is 8.78 Å². The molecule has 11 heteroatoms. The average molecular weight is 551 g/mol. The zero-order valence-electron chi connectivity index (χ0n) is 17.2. The SMILES string of the molecule is CN=C(NCc1ccc(OC)cc1OC)NCc1cc2c(cc1OC(F)F)OCO2.I. The molecule has 2 aromatic carbocycles. The summed E-state index contributed by atoms with van der Waals surface area (Å²) in [7, 11) is 4.77. The molecule has 0 amide bonds. The summed E-state index contributed by atoms with van der Waals surface area (Å²) in [5.41, 5.74) is 1.37. The molecule has 0 saturated carbocycles. The Kier molecular flexibility index (Phi) is 9.21. The molecule has 0 aliphatic carbocycles. The van der Waals surface area contributed by atoms with E-state index in [-0.39, 0.29) is 43.1 Å². The van der Waals surface area contributed by atoms with Crippen molar-refractivity contribution >= 4 is 29.9 Å². The van der Waals surface area contributed by atoms with E-state index >= 15 is 0 Å². The first-order valence-corrected chi connectivity index (χ1v) is 9.06. The van der Waals surface area contributed by atoms with Crippen molar-refractivity contribution in [3.63, 3.8) is 0 Å². The van der Waals surface area contributed by atoms with Crippen LogP contribution in [-0.4, -0.2) is 40.6 Å². The second-order valence-electron chi connectivity index (χ2n) is 6.15. The Morgan fingerprint density at radius 1 is 1.00 bits per heavy atom. The third kappa shape index (κ3) is 6.39. The van der Waals surface area contributed by atoms with Gasteiger partial charge in [0, 0.05) is 43.4 Å². The standard InChI is InChI=1S/C20H23F2N3O5.HI/c1-23-20(24-9-12-4-5-14(26-2)7-15(12)27-3)25-10-13-6-17-18(29-11-28-17)8-16(13)30-19(21)22;/h4-8,19H,9-11H2,1-3H3,(H2,23,24,25);1H. The smallest absolute Gasteiger partial charge is 0.387 e. The van der Waals surface area contributed by atoms with Crippen molar-refractivity contribution in [1.82, 2.24) is 10.6 Å². The molecule has 1 aliphatic rings. The monoisotopic (exact) mass is 551 g/mol. The number of hydrogen-bond donors (Lipinski definition) is 2. The highest BCUT2D eigenvalue weighted by molar-refractivity contribution is 14.0. The predicted octanol–water partition coefficient (Wildman–Crippen LogP) is 3.52. The Bertz CT molecular complexity index is 915. The van der Waals surface area contributed by atoms with Crippen LogP contribution >= 0.6 is 24.0 Å². The van der Waals surface area contributed by atoms with Gasteiger partial charge in [-0.1, -0.05) is 0 Å². The number of benzene rings is 2. The van der Waals surface area contributed by atoms with Gasteiger partial charge in [-0.05, 0) is 18.2 Å². The van der Waals surface area contributed by atoms with Crippen molar-refractivity contribution in [3.8, 4) is 28.7 Å². The number of guanidine groups is 1. The van der Waals surface area contributed by atoms with Gasteiger partial charge >= 0.3 is 6.61 Å². The van der Waals surface area contributed by atoms with Gasteiger partial charge in [-0.3, -0.25) is 4.99 Å². The molecule has 0 atom stereocenters. The second kappa shape index (κ2) is 11.6. The third-order valence-corrected chi connectivity index (χ3v) is 4.38. The maximum absolute atomic E-state index is 12.8. The summed E-state index contributed by atoms with van der Waals surface area (Å²) < 4.78 is 51.3. The fourth-order valence-electron chi connectivity index (χ4n) is 2.89. The molecule has 8 nitrogen and oxygen atoms in total. The number of aliphatic imine (C=N–C) groups is 1. The number of nitrogens with zero attached hydrogens (tertiary/aromatic N) is 1. The minimum atomic E-state index is -2.95. The number of hydrogen-bond acceptors (Lipinski definition) is 6. The van der Waals surface area contributed by atoms with E-state index in [4.69, 9.17) is 18.9 Å². The number of methoxy groups -OCH3 is 2. The molecule has 1 aliphatic heterocycles. The van der Waals surface area contributed by atoms with Crippen LogP contribution < -0.4 is 34.3 Å². The highest BCUT2D eigenvalue weighted by Crippen LogP contribution is 2.38. The number of rotatable bonds is 8. The van der Waals surface area contributed by atoms with Gasteiger partial charge in [0.2, 0.25) is 6.79 Å². The van der Waals surface area contributed by atoms with E-state index in [0.29, 0.717) is 41.1 Å². The number of nitrogens with one attached hydrogen (secondary N) is 2. The Morgan fingerprint density at radius 3 is 2.29 bits per heavy atom. The minimum absolute atomic E-state index is 0. The molecule has 2 N–H and O–H groups in total. The van der Waals surface area contributed by atoms with Crippen LogP contribution in [0.2, 0.25) is 0 Å². The average Bonchev–Trinajstić information content (AvgIpc) is 3.20. The molecule has 2 aromatic rings. The maximum Gasteiger partial charge on any atom is 0.387 e. The van der Waals surface area contributed by atoms with Crippen LogP contribution in [0.25, 0.3) is 0 Å². The number of alkyl halides is 2. The highest BCUT2D eigenvalue weighted by Gasteiger charge is 2.20. The lowest BCUT2D eigenvalue weighted by Gasteiger charge is -2.16. The fraction of sp³-hybridized carbons (Fsp3) is 0.350. The van der Waals surface area contributed by atoms with Crippen LogP contribution in [0.3, 0.4) is 0 Å². The van der Waals surface area contributed by atoms with Crippen LogP contribution in [0.15, 0.2) is 35.3 Å². The van der Waals surface area contributed by atoms with Crippen molar-refractivity contribution < 1.29 is 32.5 Å². The summed E-state index contributed by atoms with van der Waals surface area (Å²) in [5.74, 6) is 2.67. The molecule has 170 valence electrons. The van der Waals surface area contributed by atoms with Crippen molar-refractivity contribution in [2.24, 2.45) is 4.99 Å². The first-order valence-electron chi connectivity index (χ1n) is 9.06. The molecular weight excluding hydrogens is 527 g/mol. The summed E-state index contributed by atoms with van der Waals surface area (Å²) in [5, 5.41) is 6.23. The number of ether oxygens (including phenoxy) is 5. The second-order valence-corrected chi connectivity index (χ2v) is 6.15. The van der Waals surface area contributed by atoms with Crippen molar-refractivity contribution in [3.05, 3.63) is 41.5 Å². The summed E-state index contributed by atoms with van der Waals surface area (Å²) in [6.45, 7) is -2.32. The van der Waals surface area contributed by atoms with Gasteiger partial charge in [0.15, 0.2) is 17.5 Å². The minimum Gasteiger partial charge on any atom is -0.497 e. The molecule has 31 heavy (non-hydrogen) atoms. The Morgan fingerprint density at radius 2 is 1.68 bits per heavy atom. The lowest BCUT2D eigenvalue weighted by Crippen LogP contribution is -2.36. The predicted molar refractivity (Wildman–Crippen MR) is 121 cm³/mol. The molecule has 0 bridgehead atoms. The van der Waals surface area contributed by atoms with Crippen molar-refractivity contribution in [2.45, 2.75) is 19.7 Å². The summed E-state index contributed by atoms with van der Waals surface area (Å²) in [6, 6.07) is 8.49. The maximum atomic E-state index is 12.8. The zero-order chi connectivity index (χ0) is 21.5. The summed E-state index contributed by atoms with van der Waals surface area (Å²) in [6.07, 6.45) is 0. The van der Waals surface area contributed by atoms with Gasteiger partial charge in [0.1, 0.15) is 17.2 Å². The van der Waals surface area contributed by atoms with E-state index < -0.39 is 6.61 Å². The normalized spacial score (nSPS) is 12.3. The molecule has 0 aromatic heterocycles. The van der Waals surface area contributed by atoms with Gasteiger partial charge in [-0.15, -0.1) is 24.0 Å². The van der Waals surface area contributed by atoms with Crippen LogP contribution in [0.1, 0.15) is 11.1 Å². The van der Waals surface area contributed by atoms with Gasteiger partial charge in [-0.25, -0.2) is 0 Å². The van der Waals surface area contributed by atoms with E-state index in [9.17, 15) is 8.78 Å². The Balaban J connectivity index is 0.00000341. The molecule has 0 saturated heterocycles. The highest BCUT2D eigenvalue weighted by atomic mass is 127. The van der Waals surface area contributed by atoms with Crippen LogP contribution in [0, 0.1) is 0 Å². The third-order valence-electron chi connectivity index (χ3n) is 4.38. The number of fused-ring (bicyclic) bond motifs is 1. The van der Waals surface area contributed by atoms with Gasteiger partial charge < -0.3 is 34.3 Å². The fourth-order valence-corrected chi connectivity index (χ4v) is 2.89. The number of halogens is 3. The molecule has 0 fully saturated rings. The van der Waals surface area contributed by atoms with E-state index in [1.54, 1.807) is 33.4 Å². The lowest BCUT2D eigenvalue weighted by atomic mass is 10.1. The summed E-state index contributed by atoms with van der Waals surface area (Å²) in [4.78, 5) is 4.15. The molecule has 0 unspecified atom stereocenters. The van der Waals surface area contributed by atoms with Crippen LogP contribution in [0.5, 0.6) is 28.7 Å². The van der Waals surface area contributed by atoms with E-state index in [2.05, 4.69) is 20.4 Å². The van der Waals surface area contributed by atoms with Crippen molar-refractivity contribution in [1.29, 1.82) is 0 Å². The molecule has 0 spiro atoms. The Labute approximate surface area is 195 Å². The molecule has 3 rings (SSSR count). The largest absolute Gasteiger partial charge is 0.497 e. The van der Waals surface area contributed by atoms with E-state index in [1.165, 1.54) is 6.07 Å². The summed E-state index contributed by atoms with van der Waals surface area (Å²) >= 11 is 0. The molecule has 0 radical (unpaired) electrons. The van der Waals surface area contributed by atoms with E-state index in [1.807, 2.05) is 12.1 Å². The quantitative estimate of drug-likeness (QED) is 0.295. The molecular formula is C20H24F2IN3O5. The molecule has 1 heterocycles.